The van der Waals surface area contributed by atoms with Gasteiger partial charge < -0.3 is 15.1 Å². The smallest absolute Gasteiger partial charge is 0.208 e. The highest BCUT2D eigenvalue weighted by molar-refractivity contribution is 5.79. The van der Waals surface area contributed by atoms with Crippen LogP contribution in [0.15, 0.2) is 39.7 Å². The molecule has 0 atom stereocenters. The van der Waals surface area contributed by atoms with Crippen molar-refractivity contribution in [2.75, 3.05) is 33.2 Å². The quantitative estimate of drug-likeness (QED) is 0.542. The molecule has 1 saturated heterocycles. The predicted octanol–water partition coefficient (Wildman–Crippen LogP) is 3.40. The number of aliphatic imine (C=N–C) groups is 1. The van der Waals surface area contributed by atoms with Crippen molar-refractivity contribution in [2.45, 2.75) is 51.5 Å². The standard InChI is InChI=1S/C24H35N5O/c1-18-19(2)30-22(28-18)16-29-13-9-20(10-14-29)15-26-23(25-3)27-17-24(11-12-24)21-7-5-4-6-8-21/h4-8,20H,9-17H2,1-3H3,(H2,25,26,27). The average molecular weight is 410 g/mol. The SMILES string of the molecule is CN=C(NCC1CCN(Cc2nc(C)c(C)o2)CC1)NCC1(c2ccccc2)CC1. The molecule has 6 heteroatoms. The molecule has 2 heterocycles. The maximum Gasteiger partial charge on any atom is 0.208 e. The van der Waals surface area contributed by atoms with Crippen LogP contribution in [0.1, 0.15) is 48.6 Å². The Kier molecular flexibility index (Phi) is 6.42. The Labute approximate surface area is 180 Å². The summed E-state index contributed by atoms with van der Waals surface area (Å²) in [5.74, 6) is 3.38. The number of oxazole rings is 1. The van der Waals surface area contributed by atoms with Crippen LogP contribution >= 0.6 is 0 Å². The first kappa shape index (κ1) is 20.9. The molecule has 2 aromatic rings. The first-order valence-corrected chi connectivity index (χ1v) is 11.2. The third-order valence-corrected chi connectivity index (χ3v) is 6.75. The zero-order valence-corrected chi connectivity index (χ0v) is 18.6. The van der Waals surface area contributed by atoms with Gasteiger partial charge in [-0.3, -0.25) is 9.89 Å². The van der Waals surface area contributed by atoms with Gasteiger partial charge in [0.05, 0.1) is 12.2 Å². The molecule has 0 unspecified atom stereocenters. The van der Waals surface area contributed by atoms with Crippen LogP contribution in [-0.2, 0) is 12.0 Å². The first-order valence-electron chi connectivity index (χ1n) is 11.2. The third-order valence-electron chi connectivity index (χ3n) is 6.75. The van der Waals surface area contributed by atoms with E-state index in [2.05, 4.69) is 55.8 Å². The average Bonchev–Trinajstić information content (AvgIpc) is 3.50. The second kappa shape index (κ2) is 9.21. The molecule has 1 saturated carbocycles. The lowest BCUT2D eigenvalue weighted by molar-refractivity contribution is 0.164. The lowest BCUT2D eigenvalue weighted by atomic mass is 9.96. The van der Waals surface area contributed by atoms with Crippen molar-refractivity contribution >= 4 is 5.96 Å². The molecular formula is C24H35N5O. The molecule has 1 aromatic carbocycles. The normalized spacial score (nSPS) is 19.6. The van der Waals surface area contributed by atoms with E-state index in [1.54, 1.807) is 0 Å². The fourth-order valence-electron chi connectivity index (χ4n) is 4.37. The highest BCUT2D eigenvalue weighted by Crippen LogP contribution is 2.47. The molecular weight excluding hydrogens is 374 g/mol. The van der Waals surface area contributed by atoms with E-state index in [4.69, 9.17) is 4.42 Å². The molecule has 6 nitrogen and oxygen atoms in total. The summed E-state index contributed by atoms with van der Waals surface area (Å²) in [6.45, 7) is 8.92. The number of guanidine groups is 1. The van der Waals surface area contributed by atoms with Crippen LogP contribution in [0, 0.1) is 19.8 Å². The maximum atomic E-state index is 5.74. The highest BCUT2D eigenvalue weighted by atomic mass is 16.4. The van der Waals surface area contributed by atoms with Crippen LogP contribution in [0.2, 0.25) is 0 Å². The maximum absolute atomic E-state index is 5.74. The van der Waals surface area contributed by atoms with Crippen molar-refractivity contribution < 1.29 is 4.42 Å². The Hall–Kier alpha value is -2.34. The van der Waals surface area contributed by atoms with Gasteiger partial charge in [0.2, 0.25) is 5.89 Å². The van der Waals surface area contributed by atoms with Crippen molar-refractivity contribution in [3.05, 3.63) is 53.2 Å². The monoisotopic (exact) mass is 409 g/mol. The number of hydrogen-bond acceptors (Lipinski definition) is 4. The number of likely N-dealkylation sites (tertiary alicyclic amines) is 1. The lowest BCUT2D eigenvalue weighted by Crippen LogP contribution is -2.44. The zero-order chi connectivity index (χ0) is 21.0. The summed E-state index contributed by atoms with van der Waals surface area (Å²) in [5, 5.41) is 7.12. The van der Waals surface area contributed by atoms with Gasteiger partial charge in [0.15, 0.2) is 5.96 Å². The van der Waals surface area contributed by atoms with E-state index >= 15 is 0 Å². The van der Waals surface area contributed by atoms with E-state index < -0.39 is 0 Å². The first-order chi connectivity index (χ1) is 14.6. The molecule has 162 valence electrons. The largest absolute Gasteiger partial charge is 0.444 e. The summed E-state index contributed by atoms with van der Waals surface area (Å²) >= 11 is 0. The predicted molar refractivity (Wildman–Crippen MR) is 121 cm³/mol. The van der Waals surface area contributed by atoms with Crippen molar-refractivity contribution in [3.63, 3.8) is 0 Å². The van der Waals surface area contributed by atoms with Gasteiger partial charge in [0.25, 0.3) is 0 Å². The minimum Gasteiger partial charge on any atom is -0.444 e. The van der Waals surface area contributed by atoms with Crippen molar-refractivity contribution in [1.29, 1.82) is 0 Å². The summed E-state index contributed by atoms with van der Waals surface area (Å²) in [4.78, 5) is 11.4. The van der Waals surface area contributed by atoms with Gasteiger partial charge in [-0.25, -0.2) is 4.98 Å². The lowest BCUT2D eigenvalue weighted by Gasteiger charge is -2.31. The van der Waals surface area contributed by atoms with Crippen molar-refractivity contribution in [1.82, 2.24) is 20.5 Å². The summed E-state index contributed by atoms with van der Waals surface area (Å²) in [7, 11) is 1.86. The summed E-state index contributed by atoms with van der Waals surface area (Å²) in [6, 6.07) is 10.9. The molecule has 0 spiro atoms. The van der Waals surface area contributed by atoms with Gasteiger partial charge in [0.1, 0.15) is 5.76 Å². The summed E-state index contributed by atoms with van der Waals surface area (Å²) in [5.41, 5.74) is 2.74. The third kappa shape index (κ3) is 5.04. The second-order valence-electron chi connectivity index (χ2n) is 8.92. The zero-order valence-electron chi connectivity index (χ0n) is 18.6. The van der Waals surface area contributed by atoms with Gasteiger partial charge in [-0.15, -0.1) is 0 Å². The molecule has 4 rings (SSSR count). The summed E-state index contributed by atoms with van der Waals surface area (Å²) in [6.07, 6.45) is 4.89. The van der Waals surface area contributed by atoms with E-state index in [0.717, 1.165) is 56.0 Å². The van der Waals surface area contributed by atoms with Gasteiger partial charge in [-0.05, 0) is 64.1 Å². The second-order valence-corrected chi connectivity index (χ2v) is 8.92. The van der Waals surface area contributed by atoms with Gasteiger partial charge in [-0.1, -0.05) is 30.3 Å². The van der Waals surface area contributed by atoms with Crippen molar-refractivity contribution in [2.24, 2.45) is 10.9 Å². The Morgan fingerprint density at radius 1 is 1.17 bits per heavy atom. The molecule has 0 radical (unpaired) electrons. The van der Waals surface area contributed by atoms with E-state index in [-0.39, 0.29) is 0 Å². The van der Waals surface area contributed by atoms with E-state index in [1.807, 2.05) is 20.9 Å². The molecule has 2 aliphatic rings. The number of hydrogen-bond donors (Lipinski definition) is 2. The number of aromatic nitrogens is 1. The number of nitrogens with zero attached hydrogens (tertiary/aromatic N) is 3. The fraction of sp³-hybridized carbons (Fsp3) is 0.583. The molecule has 0 amide bonds. The minimum absolute atomic E-state index is 0.292. The van der Waals surface area contributed by atoms with Crippen LogP contribution in [0.3, 0.4) is 0 Å². The minimum atomic E-state index is 0.292. The van der Waals surface area contributed by atoms with E-state index in [9.17, 15) is 0 Å². The number of piperidine rings is 1. The van der Waals surface area contributed by atoms with Crippen molar-refractivity contribution in [3.8, 4) is 0 Å². The number of nitrogens with one attached hydrogen (secondary N) is 2. The van der Waals surface area contributed by atoms with E-state index in [1.165, 1.54) is 31.2 Å². The molecule has 1 aliphatic heterocycles. The summed E-state index contributed by atoms with van der Waals surface area (Å²) < 4.78 is 5.74. The highest BCUT2D eigenvalue weighted by Gasteiger charge is 2.44. The molecule has 0 bridgehead atoms. The number of benzene rings is 1. The number of rotatable bonds is 7. The molecule has 2 N–H and O–H groups in total. The van der Waals surface area contributed by atoms with Crippen LogP contribution in [-0.4, -0.2) is 49.1 Å². The van der Waals surface area contributed by atoms with Crippen LogP contribution < -0.4 is 10.6 Å². The molecule has 1 aliphatic carbocycles. The topological polar surface area (TPSA) is 65.7 Å². The fourth-order valence-corrected chi connectivity index (χ4v) is 4.37. The van der Waals surface area contributed by atoms with Crippen LogP contribution in [0.25, 0.3) is 0 Å². The van der Waals surface area contributed by atoms with Gasteiger partial charge >= 0.3 is 0 Å². The molecule has 1 aromatic heterocycles. The van der Waals surface area contributed by atoms with Crippen LogP contribution in [0.4, 0.5) is 0 Å². The molecule has 2 fully saturated rings. The Balaban J connectivity index is 1.18. The number of aryl methyl sites for hydroxylation is 2. The van der Waals surface area contributed by atoms with Gasteiger partial charge in [-0.2, -0.15) is 0 Å². The molecule has 30 heavy (non-hydrogen) atoms. The van der Waals surface area contributed by atoms with E-state index in [0.29, 0.717) is 11.3 Å². The Morgan fingerprint density at radius 3 is 2.50 bits per heavy atom. The Bertz CT molecular complexity index is 828. The van der Waals surface area contributed by atoms with Gasteiger partial charge in [0, 0.05) is 25.6 Å². The van der Waals surface area contributed by atoms with Crippen LogP contribution in [0.5, 0.6) is 0 Å². The Morgan fingerprint density at radius 2 is 1.90 bits per heavy atom.